The van der Waals surface area contributed by atoms with E-state index in [2.05, 4.69) is 0 Å². The van der Waals surface area contributed by atoms with Gasteiger partial charge in [0.15, 0.2) is 18.2 Å². The molecule has 0 saturated heterocycles. The van der Waals surface area contributed by atoms with E-state index in [1.165, 1.54) is 0 Å². The standard InChI is InChI=1S/C16H16NO2/c1-17-11-3-4-14(12-17)16(18)10-7-13-5-8-15(19-2)9-6-13/h3-12H,1-2H3/q+1. The molecular weight excluding hydrogens is 238 g/mol. The third kappa shape index (κ3) is 3.52. The van der Waals surface area contributed by atoms with Crippen LogP contribution in [-0.4, -0.2) is 12.9 Å². The third-order valence-corrected chi connectivity index (χ3v) is 2.77. The molecule has 1 heterocycles. The molecule has 3 heteroatoms. The van der Waals surface area contributed by atoms with Crippen molar-refractivity contribution in [2.24, 2.45) is 7.05 Å². The van der Waals surface area contributed by atoms with Crippen molar-refractivity contribution >= 4 is 11.9 Å². The van der Waals surface area contributed by atoms with Crippen molar-refractivity contribution in [2.45, 2.75) is 0 Å². The van der Waals surface area contributed by atoms with Gasteiger partial charge in [0.25, 0.3) is 0 Å². The first-order valence-electron chi connectivity index (χ1n) is 6.01. The minimum Gasteiger partial charge on any atom is -0.497 e. The first-order valence-corrected chi connectivity index (χ1v) is 6.01. The van der Waals surface area contributed by atoms with Gasteiger partial charge in [-0.1, -0.05) is 18.2 Å². The van der Waals surface area contributed by atoms with E-state index in [-0.39, 0.29) is 5.78 Å². The lowest BCUT2D eigenvalue weighted by Crippen LogP contribution is -2.27. The van der Waals surface area contributed by atoms with Gasteiger partial charge in [-0.2, -0.15) is 0 Å². The second-order valence-electron chi connectivity index (χ2n) is 4.23. The number of ketones is 1. The van der Waals surface area contributed by atoms with Gasteiger partial charge in [0.1, 0.15) is 12.8 Å². The number of hydrogen-bond donors (Lipinski definition) is 0. The SMILES string of the molecule is COc1ccc(C=CC(=O)c2ccc[n+](C)c2)cc1. The molecule has 0 amide bonds. The van der Waals surface area contributed by atoms with Crippen LogP contribution in [0.25, 0.3) is 6.08 Å². The fraction of sp³-hybridized carbons (Fsp3) is 0.125. The summed E-state index contributed by atoms with van der Waals surface area (Å²) >= 11 is 0. The Morgan fingerprint density at radius 1 is 1.21 bits per heavy atom. The number of aryl methyl sites for hydroxylation is 1. The molecule has 19 heavy (non-hydrogen) atoms. The quantitative estimate of drug-likeness (QED) is 0.476. The predicted molar refractivity (Wildman–Crippen MR) is 74.0 cm³/mol. The number of rotatable bonds is 4. The van der Waals surface area contributed by atoms with Gasteiger partial charge < -0.3 is 4.74 Å². The molecular formula is C16H16NO2+. The monoisotopic (exact) mass is 254 g/mol. The van der Waals surface area contributed by atoms with Crippen molar-refractivity contribution < 1.29 is 14.1 Å². The first kappa shape index (κ1) is 13.0. The summed E-state index contributed by atoms with van der Waals surface area (Å²) in [4.78, 5) is 12.0. The van der Waals surface area contributed by atoms with Crippen LogP contribution < -0.4 is 9.30 Å². The van der Waals surface area contributed by atoms with Gasteiger partial charge >= 0.3 is 0 Å². The number of hydrogen-bond acceptors (Lipinski definition) is 2. The number of carbonyl (C=O) groups excluding carboxylic acids is 1. The Morgan fingerprint density at radius 2 is 1.95 bits per heavy atom. The topological polar surface area (TPSA) is 30.2 Å². The van der Waals surface area contributed by atoms with Gasteiger partial charge in [0.05, 0.1) is 12.7 Å². The number of pyridine rings is 1. The van der Waals surface area contributed by atoms with Crippen LogP contribution in [0, 0.1) is 0 Å². The molecule has 0 aliphatic rings. The van der Waals surface area contributed by atoms with Crippen LogP contribution in [0.5, 0.6) is 5.75 Å². The van der Waals surface area contributed by atoms with E-state index in [4.69, 9.17) is 4.74 Å². The first-order chi connectivity index (χ1) is 9.19. The fourth-order valence-electron chi connectivity index (χ4n) is 1.72. The van der Waals surface area contributed by atoms with Crippen molar-refractivity contribution in [3.63, 3.8) is 0 Å². The number of carbonyl (C=O) groups is 1. The Labute approximate surface area is 112 Å². The van der Waals surface area contributed by atoms with Gasteiger partial charge in [0, 0.05) is 6.07 Å². The highest BCUT2D eigenvalue weighted by molar-refractivity contribution is 6.06. The maximum absolute atomic E-state index is 12.0. The molecule has 0 spiro atoms. The summed E-state index contributed by atoms with van der Waals surface area (Å²) in [6.45, 7) is 0. The Morgan fingerprint density at radius 3 is 2.58 bits per heavy atom. The Bertz CT molecular complexity index is 600. The van der Waals surface area contributed by atoms with E-state index in [1.54, 1.807) is 31.5 Å². The highest BCUT2D eigenvalue weighted by Gasteiger charge is 2.05. The number of benzene rings is 1. The number of nitrogens with zero attached hydrogens (tertiary/aromatic N) is 1. The minimum atomic E-state index is -0.00739. The average Bonchev–Trinajstić information content (AvgIpc) is 2.45. The molecule has 3 nitrogen and oxygen atoms in total. The zero-order valence-corrected chi connectivity index (χ0v) is 11.0. The maximum Gasteiger partial charge on any atom is 0.191 e. The van der Waals surface area contributed by atoms with Crippen molar-refractivity contribution in [1.29, 1.82) is 0 Å². The van der Waals surface area contributed by atoms with Crippen molar-refractivity contribution in [3.05, 3.63) is 66.0 Å². The molecule has 0 radical (unpaired) electrons. The number of ether oxygens (including phenoxy) is 1. The van der Waals surface area contributed by atoms with Crippen LogP contribution in [0.3, 0.4) is 0 Å². The second kappa shape index (κ2) is 5.96. The molecule has 96 valence electrons. The molecule has 0 saturated carbocycles. The number of allylic oxidation sites excluding steroid dienone is 1. The Kier molecular flexibility index (Phi) is 4.08. The van der Waals surface area contributed by atoms with Crippen LogP contribution in [-0.2, 0) is 7.05 Å². The van der Waals surface area contributed by atoms with Crippen molar-refractivity contribution in [2.75, 3.05) is 7.11 Å². The van der Waals surface area contributed by atoms with Crippen LogP contribution >= 0.6 is 0 Å². The summed E-state index contributed by atoms with van der Waals surface area (Å²) in [5, 5.41) is 0. The molecule has 1 aromatic carbocycles. The normalized spacial score (nSPS) is 10.6. The van der Waals surface area contributed by atoms with Gasteiger partial charge in [-0.15, -0.1) is 0 Å². The van der Waals surface area contributed by atoms with E-state index >= 15 is 0 Å². The zero-order valence-electron chi connectivity index (χ0n) is 11.0. The van der Waals surface area contributed by atoms with Crippen molar-refractivity contribution in [1.82, 2.24) is 0 Å². The molecule has 0 N–H and O–H groups in total. The van der Waals surface area contributed by atoms with Gasteiger partial charge in [-0.3, -0.25) is 4.79 Å². The lowest BCUT2D eigenvalue weighted by atomic mass is 10.1. The Balaban J connectivity index is 2.11. The summed E-state index contributed by atoms with van der Waals surface area (Å²) in [5.41, 5.74) is 1.64. The molecule has 0 unspecified atom stereocenters. The minimum absolute atomic E-state index is 0.00739. The van der Waals surface area contributed by atoms with Crippen LogP contribution in [0.15, 0.2) is 54.9 Å². The van der Waals surface area contributed by atoms with Gasteiger partial charge in [0.2, 0.25) is 0 Å². The van der Waals surface area contributed by atoms with Gasteiger partial charge in [-0.05, 0) is 29.8 Å². The van der Waals surface area contributed by atoms with Crippen LogP contribution in [0.1, 0.15) is 15.9 Å². The summed E-state index contributed by atoms with van der Waals surface area (Å²) in [6, 6.07) is 11.2. The van der Waals surface area contributed by atoms with E-state index in [1.807, 2.05) is 48.1 Å². The molecule has 0 aliphatic carbocycles. The second-order valence-corrected chi connectivity index (χ2v) is 4.23. The molecule has 0 aliphatic heterocycles. The number of aromatic nitrogens is 1. The molecule has 0 atom stereocenters. The summed E-state index contributed by atoms with van der Waals surface area (Å²) < 4.78 is 6.94. The lowest BCUT2D eigenvalue weighted by molar-refractivity contribution is -0.671. The molecule has 1 aromatic heterocycles. The summed E-state index contributed by atoms with van der Waals surface area (Å²) in [6.07, 6.45) is 7.08. The molecule has 2 aromatic rings. The predicted octanol–water partition coefficient (Wildman–Crippen LogP) is 2.42. The van der Waals surface area contributed by atoms with Crippen molar-refractivity contribution in [3.8, 4) is 5.75 Å². The zero-order chi connectivity index (χ0) is 13.7. The third-order valence-electron chi connectivity index (χ3n) is 2.77. The Hall–Kier alpha value is -2.42. The molecule has 0 bridgehead atoms. The van der Waals surface area contributed by atoms with E-state index in [0.29, 0.717) is 5.56 Å². The average molecular weight is 254 g/mol. The molecule has 0 fully saturated rings. The fourth-order valence-corrected chi connectivity index (χ4v) is 1.72. The lowest BCUT2D eigenvalue weighted by Gasteiger charge is -1.99. The van der Waals surface area contributed by atoms with E-state index < -0.39 is 0 Å². The summed E-state index contributed by atoms with van der Waals surface area (Å²) in [7, 11) is 3.52. The number of methoxy groups -OCH3 is 1. The summed E-state index contributed by atoms with van der Waals surface area (Å²) in [5.74, 6) is 0.797. The smallest absolute Gasteiger partial charge is 0.191 e. The van der Waals surface area contributed by atoms with E-state index in [9.17, 15) is 4.79 Å². The maximum atomic E-state index is 12.0. The van der Waals surface area contributed by atoms with Crippen LogP contribution in [0.4, 0.5) is 0 Å². The largest absolute Gasteiger partial charge is 0.497 e. The van der Waals surface area contributed by atoms with Crippen LogP contribution in [0.2, 0.25) is 0 Å². The van der Waals surface area contributed by atoms with Gasteiger partial charge in [-0.25, -0.2) is 4.57 Å². The van der Waals surface area contributed by atoms with E-state index in [0.717, 1.165) is 11.3 Å². The highest BCUT2D eigenvalue weighted by atomic mass is 16.5. The molecule has 2 rings (SSSR count). The highest BCUT2D eigenvalue weighted by Crippen LogP contribution is 2.12.